The average molecular weight is 291 g/mol. The van der Waals surface area contributed by atoms with Crippen molar-refractivity contribution in [3.8, 4) is 0 Å². The van der Waals surface area contributed by atoms with Gasteiger partial charge in [0, 0.05) is 6.04 Å². The second-order valence-corrected chi connectivity index (χ2v) is 6.25. The van der Waals surface area contributed by atoms with Gasteiger partial charge in [0.2, 0.25) is 0 Å². The van der Waals surface area contributed by atoms with Crippen LogP contribution >= 0.6 is 0 Å². The van der Waals surface area contributed by atoms with Gasteiger partial charge in [-0.2, -0.15) is 0 Å². The second kappa shape index (κ2) is 5.46. The van der Waals surface area contributed by atoms with Gasteiger partial charge in [-0.15, -0.1) is 5.10 Å². The number of nitrogens with one attached hydrogen (secondary N) is 2. The van der Waals surface area contributed by atoms with Gasteiger partial charge in [-0.25, -0.2) is 4.68 Å². The number of nitrogens with zero attached hydrogens (tertiary/aromatic N) is 3. The van der Waals surface area contributed by atoms with Gasteiger partial charge in [-0.3, -0.25) is 9.59 Å². The van der Waals surface area contributed by atoms with Gasteiger partial charge in [-0.1, -0.05) is 31.9 Å². The molecule has 7 heteroatoms. The van der Waals surface area contributed by atoms with Crippen molar-refractivity contribution in [2.24, 2.45) is 5.92 Å². The lowest BCUT2D eigenvalue weighted by atomic mass is 10.0. The predicted octanol–water partition coefficient (Wildman–Crippen LogP) is 0.718. The maximum Gasteiger partial charge on any atom is 0.274 e. The molecule has 2 amide bonds. The van der Waals surface area contributed by atoms with Gasteiger partial charge < -0.3 is 10.6 Å². The molecule has 0 unspecified atom stereocenters. The molecule has 7 nitrogen and oxygen atoms in total. The van der Waals surface area contributed by atoms with Crippen LogP contribution in [0.4, 0.5) is 0 Å². The van der Waals surface area contributed by atoms with Crippen molar-refractivity contribution in [1.82, 2.24) is 25.6 Å². The number of rotatable bonds is 3. The molecule has 0 radical (unpaired) electrons. The molecule has 1 aromatic heterocycles. The molecule has 3 rings (SSSR count). The zero-order valence-corrected chi connectivity index (χ0v) is 12.4. The summed E-state index contributed by atoms with van der Waals surface area (Å²) in [6.07, 6.45) is 4.27. The van der Waals surface area contributed by atoms with Gasteiger partial charge in [0.25, 0.3) is 11.8 Å². The molecule has 1 fully saturated rings. The lowest BCUT2D eigenvalue weighted by Crippen LogP contribution is -2.48. The molecule has 2 N–H and O–H groups in total. The number of amides is 2. The number of carbonyl (C=O) groups is 2. The van der Waals surface area contributed by atoms with E-state index in [2.05, 4.69) is 20.9 Å². The van der Waals surface area contributed by atoms with E-state index < -0.39 is 0 Å². The summed E-state index contributed by atoms with van der Waals surface area (Å²) in [4.78, 5) is 24.5. The summed E-state index contributed by atoms with van der Waals surface area (Å²) in [7, 11) is 0. The van der Waals surface area contributed by atoms with E-state index in [0.717, 1.165) is 25.7 Å². The Hall–Kier alpha value is -1.92. The van der Waals surface area contributed by atoms with E-state index in [4.69, 9.17) is 0 Å². The minimum atomic E-state index is -0.290. The lowest BCUT2D eigenvalue weighted by molar-refractivity contribution is 0.0858. The van der Waals surface area contributed by atoms with E-state index in [-0.39, 0.29) is 35.3 Å². The van der Waals surface area contributed by atoms with E-state index in [0.29, 0.717) is 12.5 Å². The highest BCUT2D eigenvalue weighted by molar-refractivity contribution is 6.05. The molecule has 1 aliphatic carbocycles. The number of hydrogen-bond acceptors (Lipinski definition) is 4. The molecule has 1 saturated carbocycles. The number of aromatic nitrogens is 3. The van der Waals surface area contributed by atoms with Crippen molar-refractivity contribution in [2.45, 2.75) is 58.2 Å². The van der Waals surface area contributed by atoms with Crippen LogP contribution in [0.5, 0.6) is 0 Å². The van der Waals surface area contributed by atoms with Crippen molar-refractivity contribution in [3.05, 3.63) is 11.4 Å². The first kappa shape index (κ1) is 14.0. The first-order valence-corrected chi connectivity index (χ1v) is 7.61. The Labute approximate surface area is 123 Å². The monoisotopic (exact) mass is 291 g/mol. The first-order chi connectivity index (χ1) is 10.1. The number of hydrogen-bond donors (Lipinski definition) is 2. The Kier molecular flexibility index (Phi) is 3.65. The minimum Gasteiger partial charge on any atom is -0.348 e. The molecule has 0 bridgehead atoms. The van der Waals surface area contributed by atoms with Gasteiger partial charge in [0.15, 0.2) is 11.4 Å². The van der Waals surface area contributed by atoms with Crippen LogP contribution < -0.4 is 10.6 Å². The molecule has 2 heterocycles. The Balaban J connectivity index is 1.79. The minimum absolute atomic E-state index is 0.0254. The normalized spacial score (nSPS) is 22.2. The van der Waals surface area contributed by atoms with Crippen LogP contribution in [-0.2, 0) is 6.54 Å². The van der Waals surface area contributed by atoms with Crippen LogP contribution in [0.3, 0.4) is 0 Å². The summed E-state index contributed by atoms with van der Waals surface area (Å²) in [6, 6.07) is 0.224. The van der Waals surface area contributed by atoms with Gasteiger partial charge in [0.05, 0.1) is 12.6 Å². The smallest absolute Gasteiger partial charge is 0.274 e. The third kappa shape index (κ3) is 2.64. The van der Waals surface area contributed by atoms with Crippen LogP contribution in [0.15, 0.2) is 0 Å². The SMILES string of the molecule is CC(C)[C@H]1Cn2nnc(C(=O)NC3CCCC3)c2C(=O)N1. The topological polar surface area (TPSA) is 88.9 Å². The Morgan fingerprint density at radius 2 is 2.10 bits per heavy atom. The van der Waals surface area contributed by atoms with Gasteiger partial charge >= 0.3 is 0 Å². The molecule has 21 heavy (non-hydrogen) atoms. The molecular formula is C14H21N5O2. The van der Waals surface area contributed by atoms with Crippen LogP contribution in [-0.4, -0.2) is 38.9 Å². The maximum absolute atomic E-state index is 12.3. The van der Waals surface area contributed by atoms with Crippen LogP contribution in [0.25, 0.3) is 0 Å². The lowest BCUT2D eigenvalue weighted by Gasteiger charge is -2.27. The fraction of sp³-hybridized carbons (Fsp3) is 0.714. The van der Waals surface area contributed by atoms with Crippen molar-refractivity contribution < 1.29 is 9.59 Å². The average Bonchev–Trinajstić information content (AvgIpc) is 3.07. The van der Waals surface area contributed by atoms with Crippen molar-refractivity contribution in [3.63, 3.8) is 0 Å². The van der Waals surface area contributed by atoms with E-state index in [1.54, 1.807) is 4.68 Å². The molecular weight excluding hydrogens is 270 g/mol. The van der Waals surface area contributed by atoms with Crippen LogP contribution in [0.1, 0.15) is 60.5 Å². The third-order valence-electron chi connectivity index (χ3n) is 4.35. The molecule has 2 aliphatic rings. The van der Waals surface area contributed by atoms with Gasteiger partial charge in [0.1, 0.15) is 0 Å². The predicted molar refractivity (Wildman–Crippen MR) is 75.8 cm³/mol. The second-order valence-electron chi connectivity index (χ2n) is 6.25. The molecule has 1 aromatic rings. The van der Waals surface area contributed by atoms with Crippen LogP contribution in [0, 0.1) is 5.92 Å². The van der Waals surface area contributed by atoms with Crippen molar-refractivity contribution in [2.75, 3.05) is 0 Å². The van der Waals surface area contributed by atoms with E-state index in [1.807, 2.05) is 13.8 Å². The Bertz CT molecular complexity index is 560. The van der Waals surface area contributed by atoms with Crippen molar-refractivity contribution >= 4 is 11.8 Å². The largest absolute Gasteiger partial charge is 0.348 e. The fourth-order valence-corrected chi connectivity index (χ4v) is 2.99. The molecule has 114 valence electrons. The number of carbonyl (C=O) groups excluding carboxylic acids is 2. The Morgan fingerprint density at radius 3 is 2.76 bits per heavy atom. The van der Waals surface area contributed by atoms with E-state index in [1.165, 1.54) is 0 Å². The molecule has 1 aliphatic heterocycles. The molecule has 0 spiro atoms. The van der Waals surface area contributed by atoms with Gasteiger partial charge in [-0.05, 0) is 18.8 Å². The van der Waals surface area contributed by atoms with E-state index in [9.17, 15) is 9.59 Å². The maximum atomic E-state index is 12.3. The summed E-state index contributed by atoms with van der Waals surface area (Å²) in [5.74, 6) is -0.245. The highest BCUT2D eigenvalue weighted by Crippen LogP contribution is 2.19. The first-order valence-electron chi connectivity index (χ1n) is 7.61. The standard InChI is InChI=1S/C14H21N5O2/c1-8(2)10-7-19-12(14(21)16-10)11(17-18-19)13(20)15-9-5-3-4-6-9/h8-10H,3-7H2,1-2H3,(H,15,20)(H,16,21)/t10-/m1/s1. The van der Waals surface area contributed by atoms with Crippen LogP contribution in [0.2, 0.25) is 0 Å². The zero-order chi connectivity index (χ0) is 15.0. The zero-order valence-electron chi connectivity index (χ0n) is 12.4. The quantitative estimate of drug-likeness (QED) is 0.858. The molecule has 0 aromatic carbocycles. The molecule has 1 atom stereocenters. The summed E-state index contributed by atoms with van der Waals surface area (Å²) < 4.78 is 1.55. The highest BCUT2D eigenvalue weighted by atomic mass is 16.2. The van der Waals surface area contributed by atoms with Crippen molar-refractivity contribution in [1.29, 1.82) is 0 Å². The number of fused-ring (bicyclic) bond motifs is 1. The third-order valence-corrected chi connectivity index (χ3v) is 4.35. The summed E-state index contributed by atoms with van der Waals surface area (Å²) in [5.41, 5.74) is 0.420. The summed E-state index contributed by atoms with van der Waals surface area (Å²) in [6.45, 7) is 4.64. The fourth-order valence-electron chi connectivity index (χ4n) is 2.99. The Morgan fingerprint density at radius 1 is 1.38 bits per heavy atom. The van der Waals surface area contributed by atoms with E-state index >= 15 is 0 Å². The summed E-state index contributed by atoms with van der Waals surface area (Å²) in [5, 5.41) is 13.8. The summed E-state index contributed by atoms with van der Waals surface area (Å²) >= 11 is 0. The molecule has 0 saturated heterocycles. The highest BCUT2D eigenvalue weighted by Gasteiger charge is 2.33.